The van der Waals surface area contributed by atoms with Crippen LogP contribution in [0.25, 0.3) is 0 Å². The summed E-state index contributed by atoms with van der Waals surface area (Å²) in [7, 11) is 0. The Kier molecular flexibility index (Phi) is 14.7. The van der Waals surface area contributed by atoms with Gasteiger partial charge in [0.05, 0.1) is 18.4 Å². The highest BCUT2D eigenvalue weighted by Crippen LogP contribution is 2.31. The predicted molar refractivity (Wildman–Crippen MR) is 114 cm³/mol. The Morgan fingerprint density at radius 1 is 0.821 bits per heavy atom. The minimum atomic E-state index is -0.860. The van der Waals surface area contributed by atoms with E-state index < -0.39 is 17.8 Å². The fraction of sp³-hybridized carbons (Fsp3) is 0.833. The number of carbonyl (C=O) groups excluding carboxylic acids is 1. The molecule has 1 saturated carbocycles. The molecule has 0 spiro atoms. The first-order valence-electron chi connectivity index (χ1n) is 11.7. The van der Waals surface area contributed by atoms with E-state index in [4.69, 9.17) is 4.74 Å². The van der Waals surface area contributed by atoms with E-state index in [1.807, 2.05) is 0 Å². The zero-order valence-corrected chi connectivity index (χ0v) is 18.0. The number of carbonyl (C=O) groups is 2. The van der Waals surface area contributed by atoms with Crippen LogP contribution < -0.4 is 0 Å². The first-order valence-corrected chi connectivity index (χ1v) is 11.7. The van der Waals surface area contributed by atoms with Crippen molar-refractivity contribution in [2.75, 3.05) is 6.61 Å². The molecular weight excluding hydrogens is 352 g/mol. The second-order valence-electron chi connectivity index (χ2n) is 8.23. The van der Waals surface area contributed by atoms with Crippen LogP contribution in [0.4, 0.5) is 0 Å². The number of unbranched alkanes of at least 4 members (excludes halogenated alkanes) is 10. The topological polar surface area (TPSA) is 63.6 Å². The Morgan fingerprint density at radius 3 is 1.96 bits per heavy atom. The van der Waals surface area contributed by atoms with E-state index in [2.05, 4.69) is 19.1 Å². The van der Waals surface area contributed by atoms with Crippen molar-refractivity contribution in [1.82, 2.24) is 0 Å². The maximum absolute atomic E-state index is 12.1. The molecule has 0 amide bonds. The van der Waals surface area contributed by atoms with Crippen molar-refractivity contribution >= 4 is 11.9 Å². The van der Waals surface area contributed by atoms with E-state index in [0.717, 1.165) is 32.1 Å². The first kappa shape index (κ1) is 24.7. The third kappa shape index (κ3) is 11.5. The molecule has 0 bridgehead atoms. The van der Waals surface area contributed by atoms with Gasteiger partial charge in [-0.15, -0.1) is 0 Å². The average molecular weight is 395 g/mol. The number of carboxylic acid groups (broad SMARTS) is 1. The summed E-state index contributed by atoms with van der Waals surface area (Å²) < 4.78 is 5.33. The molecule has 0 radical (unpaired) electrons. The van der Waals surface area contributed by atoms with Gasteiger partial charge in [-0.05, 0) is 38.5 Å². The van der Waals surface area contributed by atoms with Crippen LogP contribution in [-0.4, -0.2) is 23.7 Å². The molecule has 0 aliphatic heterocycles. The minimum absolute atomic E-state index is 0.314. The van der Waals surface area contributed by atoms with Crippen LogP contribution in [0.2, 0.25) is 0 Å². The Bertz CT molecular complexity index is 444. The van der Waals surface area contributed by atoms with E-state index in [1.165, 1.54) is 57.8 Å². The maximum atomic E-state index is 12.1. The number of hydrogen-bond acceptors (Lipinski definition) is 3. The van der Waals surface area contributed by atoms with E-state index in [-0.39, 0.29) is 5.97 Å². The van der Waals surface area contributed by atoms with Crippen molar-refractivity contribution in [2.24, 2.45) is 11.8 Å². The summed E-state index contributed by atoms with van der Waals surface area (Å²) in [6.07, 6.45) is 22.5. The van der Waals surface area contributed by atoms with Crippen molar-refractivity contribution in [1.29, 1.82) is 0 Å². The summed E-state index contributed by atoms with van der Waals surface area (Å²) >= 11 is 0. The van der Waals surface area contributed by atoms with E-state index in [0.29, 0.717) is 19.4 Å². The number of ether oxygens (including phenoxy) is 1. The largest absolute Gasteiger partial charge is 0.481 e. The van der Waals surface area contributed by atoms with Crippen LogP contribution in [0.15, 0.2) is 12.2 Å². The number of rotatable bonds is 16. The van der Waals surface area contributed by atoms with Gasteiger partial charge in [0.25, 0.3) is 0 Å². The highest BCUT2D eigenvalue weighted by molar-refractivity contribution is 5.81. The van der Waals surface area contributed by atoms with Crippen LogP contribution >= 0.6 is 0 Å². The van der Waals surface area contributed by atoms with Gasteiger partial charge in [-0.1, -0.05) is 83.3 Å². The summed E-state index contributed by atoms with van der Waals surface area (Å²) in [5.74, 6) is -2.18. The van der Waals surface area contributed by atoms with Gasteiger partial charge in [-0.25, -0.2) is 0 Å². The van der Waals surface area contributed by atoms with Crippen molar-refractivity contribution in [3.8, 4) is 0 Å². The molecule has 2 unspecified atom stereocenters. The Hall–Kier alpha value is -1.32. The molecule has 0 saturated heterocycles. The van der Waals surface area contributed by atoms with Gasteiger partial charge in [0, 0.05) is 0 Å². The molecule has 4 heteroatoms. The zero-order chi connectivity index (χ0) is 20.5. The summed E-state index contributed by atoms with van der Waals surface area (Å²) in [5, 5.41) is 9.24. The molecule has 1 aliphatic carbocycles. The predicted octanol–water partition coefficient (Wildman–Crippen LogP) is 6.68. The molecule has 1 rings (SSSR count). The minimum Gasteiger partial charge on any atom is -0.481 e. The first-order chi connectivity index (χ1) is 13.7. The number of esters is 1. The number of hydrogen-bond donors (Lipinski definition) is 1. The van der Waals surface area contributed by atoms with E-state index >= 15 is 0 Å². The molecule has 0 aromatic carbocycles. The van der Waals surface area contributed by atoms with Crippen LogP contribution in [0.1, 0.15) is 110 Å². The quantitative estimate of drug-likeness (QED) is 0.180. The van der Waals surface area contributed by atoms with Gasteiger partial charge in [0.15, 0.2) is 0 Å². The van der Waals surface area contributed by atoms with Crippen molar-refractivity contribution in [3.63, 3.8) is 0 Å². The maximum Gasteiger partial charge on any atom is 0.309 e. The highest BCUT2D eigenvalue weighted by atomic mass is 16.5. The van der Waals surface area contributed by atoms with E-state index in [1.54, 1.807) is 0 Å². The average Bonchev–Trinajstić information content (AvgIpc) is 2.70. The lowest BCUT2D eigenvalue weighted by Gasteiger charge is -2.26. The van der Waals surface area contributed by atoms with Gasteiger partial charge < -0.3 is 9.84 Å². The molecule has 1 aliphatic rings. The molecule has 28 heavy (non-hydrogen) atoms. The fourth-order valence-corrected chi connectivity index (χ4v) is 4.00. The summed E-state index contributed by atoms with van der Waals surface area (Å²) in [4.78, 5) is 23.4. The van der Waals surface area contributed by atoms with Crippen LogP contribution in [-0.2, 0) is 14.3 Å². The second kappa shape index (κ2) is 16.6. The molecule has 162 valence electrons. The third-order valence-corrected chi connectivity index (χ3v) is 5.79. The van der Waals surface area contributed by atoms with Crippen LogP contribution in [0.5, 0.6) is 0 Å². The lowest BCUT2D eigenvalue weighted by atomic mass is 9.79. The Balaban J connectivity index is 1.95. The van der Waals surface area contributed by atoms with Crippen LogP contribution in [0, 0.1) is 11.8 Å². The summed E-state index contributed by atoms with van der Waals surface area (Å²) in [6.45, 7) is 2.65. The van der Waals surface area contributed by atoms with Gasteiger partial charge in [-0.2, -0.15) is 0 Å². The van der Waals surface area contributed by atoms with Gasteiger partial charge in [-0.3, -0.25) is 9.59 Å². The Labute approximate surface area is 172 Å². The van der Waals surface area contributed by atoms with Crippen LogP contribution in [0.3, 0.4) is 0 Å². The zero-order valence-electron chi connectivity index (χ0n) is 18.0. The SMILES string of the molecule is CCCCCCCCCCC/C=C/CCCOC(=O)C1CCCCC1C(=O)O. The molecule has 2 atom stereocenters. The molecule has 1 fully saturated rings. The molecule has 1 N–H and O–H groups in total. The second-order valence-corrected chi connectivity index (χ2v) is 8.23. The monoisotopic (exact) mass is 394 g/mol. The number of allylic oxidation sites excluding steroid dienone is 2. The third-order valence-electron chi connectivity index (χ3n) is 5.79. The molecule has 4 nitrogen and oxygen atoms in total. The van der Waals surface area contributed by atoms with Crippen molar-refractivity contribution < 1.29 is 19.4 Å². The highest BCUT2D eigenvalue weighted by Gasteiger charge is 2.36. The van der Waals surface area contributed by atoms with E-state index in [9.17, 15) is 14.7 Å². The molecular formula is C24H42O4. The van der Waals surface area contributed by atoms with Gasteiger partial charge in [0.1, 0.15) is 0 Å². The van der Waals surface area contributed by atoms with Crippen molar-refractivity contribution in [3.05, 3.63) is 12.2 Å². The lowest BCUT2D eigenvalue weighted by molar-refractivity contribution is -0.159. The summed E-state index contributed by atoms with van der Waals surface area (Å²) in [6, 6.07) is 0. The van der Waals surface area contributed by atoms with Crippen molar-refractivity contribution in [2.45, 2.75) is 110 Å². The fourth-order valence-electron chi connectivity index (χ4n) is 4.00. The van der Waals surface area contributed by atoms with Gasteiger partial charge in [0.2, 0.25) is 0 Å². The molecule has 0 aromatic heterocycles. The number of aliphatic carboxylic acids is 1. The standard InChI is InChI=1S/C24H42O4/c1-2-3-4-5-6-7-8-9-10-11-12-13-14-17-20-28-24(27)22-19-16-15-18-21(22)23(25)26/h12-13,21-22H,2-11,14-20H2,1H3,(H,25,26)/b13-12+. The normalized spacial score (nSPS) is 19.8. The number of carboxylic acids is 1. The molecule has 0 heterocycles. The molecule has 0 aromatic rings. The lowest BCUT2D eigenvalue weighted by Crippen LogP contribution is -2.33. The smallest absolute Gasteiger partial charge is 0.309 e. The Morgan fingerprint density at radius 2 is 1.36 bits per heavy atom. The summed E-state index contributed by atoms with van der Waals surface area (Å²) in [5.41, 5.74) is 0. The van der Waals surface area contributed by atoms with Gasteiger partial charge >= 0.3 is 11.9 Å².